The quantitative estimate of drug-likeness (QED) is 0.791. The van der Waals surface area contributed by atoms with Gasteiger partial charge in [-0.1, -0.05) is 19.1 Å². The molecule has 4 nitrogen and oxygen atoms in total. The SMILES string of the molecule is CCNC(COc1cccc(C)c1C)C(=O)O. The molecule has 0 radical (unpaired) electrons. The number of hydrogen-bond acceptors (Lipinski definition) is 3. The molecule has 0 heterocycles. The van der Waals surface area contributed by atoms with Gasteiger partial charge in [0.1, 0.15) is 18.4 Å². The first kappa shape index (κ1) is 13.5. The fraction of sp³-hybridized carbons (Fsp3) is 0.462. The summed E-state index contributed by atoms with van der Waals surface area (Å²) in [5, 5.41) is 11.8. The Balaban J connectivity index is 2.65. The number of ether oxygens (including phenoxy) is 1. The fourth-order valence-corrected chi connectivity index (χ4v) is 1.52. The molecule has 0 saturated heterocycles. The summed E-state index contributed by atoms with van der Waals surface area (Å²) in [6.45, 7) is 6.57. The van der Waals surface area contributed by atoms with Gasteiger partial charge < -0.3 is 15.2 Å². The molecule has 0 amide bonds. The van der Waals surface area contributed by atoms with Gasteiger partial charge in [-0.3, -0.25) is 4.79 Å². The van der Waals surface area contributed by atoms with E-state index in [9.17, 15) is 4.79 Å². The van der Waals surface area contributed by atoms with Crippen LogP contribution in [0.4, 0.5) is 0 Å². The van der Waals surface area contributed by atoms with Crippen molar-refractivity contribution in [1.82, 2.24) is 5.32 Å². The van der Waals surface area contributed by atoms with Gasteiger partial charge in [-0.2, -0.15) is 0 Å². The molecule has 0 aliphatic carbocycles. The second-order valence-electron chi connectivity index (χ2n) is 3.96. The van der Waals surface area contributed by atoms with E-state index in [1.807, 2.05) is 39.0 Å². The second-order valence-corrected chi connectivity index (χ2v) is 3.96. The Morgan fingerprint density at radius 1 is 1.47 bits per heavy atom. The molecule has 1 unspecified atom stereocenters. The van der Waals surface area contributed by atoms with Crippen LogP contribution < -0.4 is 10.1 Å². The number of carboxylic acids is 1. The van der Waals surface area contributed by atoms with Gasteiger partial charge in [0.05, 0.1) is 0 Å². The first-order valence-electron chi connectivity index (χ1n) is 5.71. The van der Waals surface area contributed by atoms with Crippen molar-refractivity contribution in [2.24, 2.45) is 0 Å². The number of likely N-dealkylation sites (N-methyl/N-ethyl adjacent to an activating group) is 1. The van der Waals surface area contributed by atoms with Crippen LogP contribution in [0.1, 0.15) is 18.1 Å². The van der Waals surface area contributed by atoms with Gasteiger partial charge in [0, 0.05) is 0 Å². The van der Waals surface area contributed by atoms with Crippen molar-refractivity contribution in [1.29, 1.82) is 0 Å². The average Bonchev–Trinajstić information content (AvgIpc) is 2.29. The minimum Gasteiger partial charge on any atom is -0.491 e. The van der Waals surface area contributed by atoms with Crippen molar-refractivity contribution in [3.05, 3.63) is 29.3 Å². The van der Waals surface area contributed by atoms with E-state index in [2.05, 4.69) is 5.32 Å². The zero-order valence-electron chi connectivity index (χ0n) is 10.5. The number of nitrogens with one attached hydrogen (secondary N) is 1. The molecule has 2 N–H and O–H groups in total. The molecule has 1 aromatic carbocycles. The monoisotopic (exact) mass is 237 g/mol. The van der Waals surface area contributed by atoms with E-state index in [4.69, 9.17) is 9.84 Å². The fourth-order valence-electron chi connectivity index (χ4n) is 1.52. The van der Waals surface area contributed by atoms with Crippen LogP contribution in [-0.4, -0.2) is 30.3 Å². The Kier molecular flexibility index (Phi) is 4.97. The molecule has 1 aromatic rings. The molecule has 1 atom stereocenters. The predicted octanol–water partition coefficient (Wildman–Crippen LogP) is 1.74. The Morgan fingerprint density at radius 3 is 2.76 bits per heavy atom. The standard InChI is InChI=1S/C13H19NO3/c1-4-14-11(13(15)16)8-17-12-7-5-6-9(2)10(12)3/h5-7,11,14H,4,8H2,1-3H3,(H,15,16). The summed E-state index contributed by atoms with van der Waals surface area (Å²) in [5.41, 5.74) is 2.19. The summed E-state index contributed by atoms with van der Waals surface area (Å²) in [7, 11) is 0. The zero-order valence-corrected chi connectivity index (χ0v) is 10.5. The number of carbonyl (C=O) groups is 1. The predicted molar refractivity (Wildman–Crippen MR) is 66.5 cm³/mol. The number of aliphatic carboxylic acids is 1. The van der Waals surface area contributed by atoms with Gasteiger partial charge in [0.25, 0.3) is 0 Å². The van der Waals surface area contributed by atoms with E-state index >= 15 is 0 Å². The van der Waals surface area contributed by atoms with Crippen molar-refractivity contribution in [3.8, 4) is 5.75 Å². The summed E-state index contributed by atoms with van der Waals surface area (Å²) in [6.07, 6.45) is 0. The molecule has 0 fully saturated rings. The molecular weight excluding hydrogens is 218 g/mol. The first-order chi connectivity index (χ1) is 8.06. The van der Waals surface area contributed by atoms with Gasteiger partial charge in [0.15, 0.2) is 0 Å². The number of hydrogen-bond donors (Lipinski definition) is 2. The maximum absolute atomic E-state index is 10.9. The summed E-state index contributed by atoms with van der Waals surface area (Å²) in [5.74, 6) is -0.147. The highest BCUT2D eigenvalue weighted by Gasteiger charge is 2.17. The largest absolute Gasteiger partial charge is 0.491 e. The van der Waals surface area contributed by atoms with E-state index in [-0.39, 0.29) is 6.61 Å². The number of aryl methyl sites for hydroxylation is 1. The Bertz CT molecular complexity index is 390. The van der Waals surface area contributed by atoms with E-state index in [0.29, 0.717) is 6.54 Å². The Labute approximate surface area is 102 Å². The lowest BCUT2D eigenvalue weighted by atomic mass is 10.1. The lowest BCUT2D eigenvalue weighted by Crippen LogP contribution is -2.41. The minimum absolute atomic E-state index is 0.132. The van der Waals surface area contributed by atoms with Crippen LogP contribution in [0.25, 0.3) is 0 Å². The normalized spacial score (nSPS) is 12.2. The molecule has 0 saturated carbocycles. The van der Waals surface area contributed by atoms with Crippen LogP contribution in [0.15, 0.2) is 18.2 Å². The first-order valence-corrected chi connectivity index (χ1v) is 5.71. The topological polar surface area (TPSA) is 58.6 Å². The van der Waals surface area contributed by atoms with Crippen LogP contribution in [0, 0.1) is 13.8 Å². The van der Waals surface area contributed by atoms with E-state index in [1.165, 1.54) is 0 Å². The molecule has 17 heavy (non-hydrogen) atoms. The smallest absolute Gasteiger partial charge is 0.324 e. The molecule has 0 aliphatic rings. The molecule has 0 aliphatic heterocycles. The maximum atomic E-state index is 10.9. The summed E-state index contributed by atoms with van der Waals surface area (Å²) in [6, 6.07) is 5.09. The summed E-state index contributed by atoms with van der Waals surface area (Å²) >= 11 is 0. The lowest BCUT2D eigenvalue weighted by Gasteiger charge is -2.16. The third-order valence-corrected chi connectivity index (χ3v) is 2.71. The van der Waals surface area contributed by atoms with Crippen molar-refractivity contribution >= 4 is 5.97 Å². The zero-order chi connectivity index (χ0) is 12.8. The van der Waals surface area contributed by atoms with Crippen molar-refractivity contribution < 1.29 is 14.6 Å². The highest BCUT2D eigenvalue weighted by atomic mass is 16.5. The van der Waals surface area contributed by atoms with Gasteiger partial charge in [0.2, 0.25) is 0 Å². The van der Waals surface area contributed by atoms with Crippen LogP contribution in [0.3, 0.4) is 0 Å². The average molecular weight is 237 g/mol. The van der Waals surface area contributed by atoms with Crippen molar-refractivity contribution in [2.45, 2.75) is 26.8 Å². The highest BCUT2D eigenvalue weighted by molar-refractivity contribution is 5.73. The molecule has 4 heteroatoms. The number of benzene rings is 1. The van der Waals surface area contributed by atoms with E-state index in [1.54, 1.807) is 0 Å². The van der Waals surface area contributed by atoms with Crippen LogP contribution >= 0.6 is 0 Å². The Morgan fingerprint density at radius 2 is 2.18 bits per heavy atom. The molecule has 0 aromatic heterocycles. The summed E-state index contributed by atoms with van der Waals surface area (Å²) < 4.78 is 5.55. The van der Waals surface area contributed by atoms with Gasteiger partial charge in [-0.25, -0.2) is 0 Å². The van der Waals surface area contributed by atoms with Gasteiger partial charge in [-0.15, -0.1) is 0 Å². The number of rotatable bonds is 6. The molecular formula is C13H19NO3. The third-order valence-electron chi connectivity index (χ3n) is 2.71. The van der Waals surface area contributed by atoms with Gasteiger partial charge in [-0.05, 0) is 37.6 Å². The summed E-state index contributed by atoms with van der Waals surface area (Å²) in [4.78, 5) is 10.9. The molecule has 1 rings (SSSR count). The maximum Gasteiger partial charge on any atom is 0.324 e. The molecule has 0 spiro atoms. The van der Waals surface area contributed by atoms with Crippen LogP contribution in [0.2, 0.25) is 0 Å². The second kappa shape index (κ2) is 6.25. The van der Waals surface area contributed by atoms with E-state index < -0.39 is 12.0 Å². The van der Waals surface area contributed by atoms with Crippen molar-refractivity contribution in [2.75, 3.05) is 13.2 Å². The molecule has 94 valence electrons. The van der Waals surface area contributed by atoms with E-state index in [0.717, 1.165) is 16.9 Å². The van der Waals surface area contributed by atoms with Crippen LogP contribution in [-0.2, 0) is 4.79 Å². The third kappa shape index (κ3) is 3.75. The lowest BCUT2D eigenvalue weighted by molar-refractivity contribution is -0.140. The minimum atomic E-state index is -0.892. The number of carboxylic acid groups (broad SMARTS) is 1. The van der Waals surface area contributed by atoms with Crippen molar-refractivity contribution in [3.63, 3.8) is 0 Å². The Hall–Kier alpha value is -1.55. The van der Waals surface area contributed by atoms with Gasteiger partial charge >= 0.3 is 5.97 Å². The van der Waals surface area contributed by atoms with Crippen LogP contribution in [0.5, 0.6) is 5.75 Å². The molecule has 0 bridgehead atoms. The highest BCUT2D eigenvalue weighted by Crippen LogP contribution is 2.20.